The zero-order valence-electron chi connectivity index (χ0n) is 11.1. The summed E-state index contributed by atoms with van der Waals surface area (Å²) in [6.07, 6.45) is 0.821. The Morgan fingerprint density at radius 1 is 1.14 bits per heavy atom. The average molecular weight is 355 g/mol. The minimum atomic E-state index is 0.661. The van der Waals surface area contributed by atoms with Crippen LogP contribution in [0.25, 0.3) is 11.3 Å². The fourth-order valence-corrected chi connectivity index (χ4v) is 3.38. The van der Waals surface area contributed by atoms with Crippen molar-refractivity contribution in [2.75, 3.05) is 0 Å². The van der Waals surface area contributed by atoms with Crippen LogP contribution in [0.3, 0.4) is 0 Å². The molecule has 2 aromatic carbocycles. The van der Waals surface area contributed by atoms with Crippen molar-refractivity contribution in [3.63, 3.8) is 0 Å². The van der Waals surface area contributed by atoms with Crippen molar-refractivity contribution in [2.45, 2.75) is 6.42 Å². The highest BCUT2D eigenvalue weighted by atomic mass is 79.9. The van der Waals surface area contributed by atoms with Crippen LogP contribution in [0.2, 0.25) is 0 Å². The largest absolute Gasteiger partial charge is 0.241 e. The first-order valence-electron chi connectivity index (χ1n) is 6.44. The number of nitrogens with zero attached hydrogens (tertiary/aromatic N) is 2. The molecule has 0 aliphatic rings. The van der Waals surface area contributed by atoms with Gasteiger partial charge < -0.3 is 0 Å². The van der Waals surface area contributed by atoms with Gasteiger partial charge in [-0.3, -0.25) is 0 Å². The summed E-state index contributed by atoms with van der Waals surface area (Å²) in [5, 5.41) is 12.1. The molecule has 0 unspecified atom stereocenters. The lowest BCUT2D eigenvalue weighted by Crippen LogP contribution is -1.87. The smallest absolute Gasteiger partial charge is 0.0991 e. The molecule has 3 aromatic rings. The van der Waals surface area contributed by atoms with Crippen LogP contribution in [-0.4, -0.2) is 4.98 Å². The second-order valence-electron chi connectivity index (χ2n) is 4.63. The third-order valence-corrected chi connectivity index (χ3v) is 4.43. The molecule has 0 amide bonds. The Morgan fingerprint density at radius 3 is 2.81 bits per heavy atom. The Kier molecular flexibility index (Phi) is 4.14. The molecular formula is C17H11BrN2S. The highest BCUT2D eigenvalue weighted by molar-refractivity contribution is 9.10. The Balaban J connectivity index is 1.85. The van der Waals surface area contributed by atoms with Gasteiger partial charge in [0.2, 0.25) is 0 Å². The van der Waals surface area contributed by atoms with Crippen LogP contribution < -0.4 is 0 Å². The van der Waals surface area contributed by atoms with Crippen LogP contribution in [-0.2, 0) is 6.42 Å². The summed E-state index contributed by atoms with van der Waals surface area (Å²) < 4.78 is 1.08. The summed E-state index contributed by atoms with van der Waals surface area (Å²) >= 11 is 5.13. The molecule has 0 fully saturated rings. The molecule has 4 heteroatoms. The zero-order chi connectivity index (χ0) is 14.7. The van der Waals surface area contributed by atoms with Gasteiger partial charge in [0, 0.05) is 21.8 Å². The number of halogens is 1. The normalized spacial score (nSPS) is 10.3. The third kappa shape index (κ3) is 3.38. The second kappa shape index (κ2) is 6.21. The lowest BCUT2D eigenvalue weighted by molar-refractivity contribution is 1.14. The number of rotatable bonds is 3. The minimum absolute atomic E-state index is 0.661. The lowest BCUT2D eigenvalue weighted by atomic mass is 10.1. The molecular weight excluding hydrogens is 344 g/mol. The van der Waals surface area contributed by atoms with Crippen LogP contribution >= 0.6 is 27.3 Å². The molecule has 0 atom stereocenters. The first-order chi connectivity index (χ1) is 10.2. The van der Waals surface area contributed by atoms with Gasteiger partial charge in [-0.05, 0) is 29.8 Å². The topological polar surface area (TPSA) is 36.7 Å². The Bertz CT molecular complexity index is 817. The van der Waals surface area contributed by atoms with E-state index < -0.39 is 0 Å². The van der Waals surface area contributed by atoms with Gasteiger partial charge in [-0.15, -0.1) is 11.3 Å². The molecule has 2 nitrogen and oxygen atoms in total. The van der Waals surface area contributed by atoms with E-state index in [0.717, 1.165) is 27.2 Å². The van der Waals surface area contributed by atoms with Crippen molar-refractivity contribution in [1.82, 2.24) is 4.98 Å². The van der Waals surface area contributed by atoms with Crippen LogP contribution in [0.15, 0.2) is 58.4 Å². The van der Waals surface area contributed by atoms with E-state index in [0.29, 0.717) is 5.56 Å². The van der Waals surface area contributed by atoms with E-state index in [1.807, 2.05) is 35.7 Å². The van der Waals surface area contributed by atoms with Gasteiger partial charge in [-0.2, -0.15) is 5.26 Å². The molecule has 0 saturated heterocycles. The maximum Gasteiger partial charge on any atom is 0.0991 e. The van der Waals surface area contributed by atoms with Gasteiger partial charge in [-0.1, -0.05) is 40.2 Å². The number of aromatic nitrogens is 1. The number of thiazole rings is 1. The molecule has 0 spiro atoms. The van der Waals surface area contributed by atoms with Crippen molar-refractivity contribution in [1.29, 1.82) is 5.26 Å². The molecule has 0 bridgehead atoms. The summed E-state index contributed by atoms with van der Waals surface area (Å²) in [4.78, 5) is 4.67. The number of nitriles is 1. The van der Waals surface area contributed by atoms with Crippen molar-refractivity contribution in [3.05, 3.63) is 74.5 Å². The maximum absolute atomic E-state index is 8.96. The van der Waals surface area contributed by atoms with Gasteiger partial charge in [0.25, 0.3) is 0 Å². The monoisotopic (exact) mass is 354 g/mol. The third-order valence-electron chi connectivity index (χ3n) is 3.08. The molecule has 1 aromatic heterocycles. The van der Waals surface area contributed by atoms with Crippen LogP contribution in [0, 0.1) is 11.3 Å². The van der Waals surface area contributed by atoms with E-state index in [9.17, 15) is 0 Å². The molecule has 21 heavy (non-hydrogen) atoms. The van der Waals surface area contributed by atoms with Gasteiger partial charge in [0.15, 0.2) is 0 Å². The number of hydrogen-bond donors (Lipinski definition) is 0. The van der Waals surface area contributed by atoms with Gasteiger partial charge in [-0.25, -0.2) is 4.98 Å². The Morgan fingerprint density at radius 2 is 2.00 bits per heavy atom. The summed E-state index contributed by atoms with van der Waals surface area (Å²) in [5.74, 6) is 0. The van der Waals surface area contributed by atoms with Crippen molar-refractivity contribution in [3.8, 4) is 17.3 Å². The van der Waals surface area contributed by atoms with E-state index >= 15 is 0 Å². The molecule has 1 heterocycles. The maximum atomic E-state index is 8.96. The Hall–Kier alpha value is -1.96. The molecule has 0 radical (unpaired) electrons. The SMILES string of the molecule is N#Cc1cccc(-c2csc(Cc3cccc(Br)c3)n2)c1. The molecule has 0 saturated carbocycles. The van der Waals surface area contributed by atoms with Crippen LogP contribution in [0.4, 0.5) is 0 Å². The van der Waals surface area contributed by atoms with Crippen molar-refractivity contribution < 1.29 is 0 Å². The summed E-state index contributed by atoms with van der Waals surface area (Å²) in [6, 6.07) is 18.0. The molecule has 0 aliphatic carbocycles. The lowest BCUT2D eigenvalue weighted by Gasteiger charge is -1.99. The highest BCUT2D eigenvalue weighted by Gasteiger charge is 2.06. The predicted molar refractivity (Wildman–Crippen MR) is 89.2 cm³/mol. The second-order valence-corrected chi connectivity index (χ2v) is 6.48. The van der Waals surface area contributed by atoms with Gasteiger partial charge in [0.1, 0.15) is 0 Å². The first-order valence-corrected chi connectivity index (χ1v) is 8.11. The first kappa shape index (κ1) is 14.0. The van der Waals surface area contributed by atoms with Crippen LogP contribution in [0.5, 0.6) is 0 Å². The van der Waals surface area contributed by atoms with E-state index in [1.54, 1.807) is 17.4 Å². The summed E-state index contributed by atoms with van der Waals surface area (Å²) in [5.41, 5.74) is 3.82. The fourth-order valence-electron chi connectivity index (χ4n) is 2.09. The van der Waals surface area contributed by atoms with E-state index in [1.165, 1.54) is 5.56 Å². The zero-order valence-corrected chi connectivity index (χ0v) is 13.5. The van der Waals surface area contributed by atoms with Crippen LogP contribution in [0.1, 0.15) is 16.1 Å². The fraction of sp³-hybridized carbons (Fsp3) is 0.0588. The number of hydrogen-bond acceptors (Lipinski definition) is 3. The summed E-state index contributed by atoms with van der Waals surface area (Å²) in [7, 11) is 0. The molecule has 0 aliphatic heterocycles. The number of benzene rings is 2. The molecule has 3 rings (SSSR count). The van der Waals surface area contributed by atoms with E-state index in [-0.39, 0.29) is 0 Å². The highest BCUT2D eigenvalue weighted by Crippen LogP contribution is 2.24. The Labute approximate surface area is 135 Å². The molecule has 102 valence electrons. The van der Waals surface area contributed by atoms with Crippen molar-refractivity contribution in [2.24, 2.45) is 0 Å². The van der Waals surface area contributed by atoms with E-state index in [4.69, 9.17) is 5.26 Å². The minimum Gasteiger partial charge on any atom is -0.241 e. The van der Waals surface area contributed by atoms with Crippen molar-refractivity contribution >= 4 is 27.3 Å². The molecule has 0 N–H and O–H groups in total. The average Bonchev–Trinajstić information content (AvgIpc) is 2.96. The van der Waals surface area contributed by atoms with Gasteiger partial charge in [0.05, 0.1) is 22.3 Å². The summed E-state index contributed by atoms with van der Waals surface area (Å²) in [6.45, 7) is 0. The predicted octanol–water partition coefficient (Wildman–Crippen LogP) is 5.04. The standard InChI is InChI=1S/C17H11BrN2S/c18-15-6-2-3-12(8-15)9-17-20-16(11-21-17)14-5-1-4-13(7-14)10-19/h1-8,11H,9H2. The quantitative estimate of drug-likeness (QED) is 0.660. The van der Waals surface area contributed by atoms with Gasteiger partial charge >= 0.3 is 0 Å². The van der Waals surface area contributed by atoms with E-state index in [2.05, 4.69) is 39.1 Å².